The predicted octanol–water partition coefficient (Wildman–Crippen LogP) is 3.08. The van der Waals surface area contributed by atoms with Crippen LogP contribution in [0, 0.1) is 19.7 Å². The van der Waals surface area contributed by atoms with E-state index >= 15 is 0 Å². The van der Waals surface area contributed by atoms with Crippen molar-refractivity contribution in [1.82, 2.24) is 9.97 Å². The van der Waals surface area contributed by atoms with Crippen LogP contribution in [0.5, 0.6) is 0 Å². The standard InChI is InChI=1S/C17H20FN3O2/c1-9-6-7-12(11(18)8-9)20-14(22)13-10(2)19-16(17(3,4)5)21-15(13)23/h6-8H,1-5H3,(H,20,22)(H,19,21,23). The van der Waals surface area contributed by atoms with Crippen molar-refractivity contribution >= 4 is 11.6 Å². The lowest BCUT2D eigenvalue weighted by Gasteiger charge is -2.18. The van der Waals surface area contributed by atoms with Gasteiger partial charge in [-0.2, -0.15) is 0 Å². The number of nitrogens with one attached hydrogen (secondary N) is 2. The van der Waals surface area contributed by atoms with E-state index in [1.54, 1.807) is 19.9 Å². The third-order valence-electron chi connectivity index (χ3n) is 3.41. The molecule has 6 heteroatoms. The van der Waals surface area contributed by atoms with E-state index in [9.17, 15) is 14.0 Å². The molecule has 0 aliphatic heterocycles. The van der Waals surface area contributed by atoms with Gasteiger partial charge in [-0.25, -0.2) is 9.37 Å². The van der Waals surface area contributed by atoms with E-state index in [4.69, 9.17) is 0 Å². The quantitative estimate of drug-likeness (QED) is 0.894. The average Bonchev–Trinajstić information content (AvgIpc) is 2.40. The third kappa shape index (κ3) is 3.64. The SMILES string of the molecule is Cc1ccc(NC(=O)c2c(C)nc(C(C)(C)C)[nH]c2=O)c(F)c1. The molecule has 0 fully saturated rings. The largest absolute Gasteiger partial charge is 0.319 e. The Balaban J connectivity index is 2.38. The highest BCUT2D eigenvalue weighted by Crippen LogP contribution is 2.19. The van der Waals surface area contributed by atoms with Crippen molar-refractivity contribution in [1.29, 1.82) is 0 Å². The highest BCUT2D eigenvalue weighted by Gasteiger charge is 2.22. The van der Waals surface area contributed by atoms with Crippen molar-refractivity contribution in [2.45, 2.75) is 40.0 Å². The Kier molecular flexibility index (Phi) is 4.36. The van der Waals surface area contributed by atoms with Crippen LogP contribution in [0.3, 0.4) is 0 Å². The summed E-state index contributed by atoms with van der Waals surface area (Å²) in [6, 6.07) is 4.45. The Bertz CT molecular complexity index is 820. The van der Waals surface area contributed by atoms with Crippen LogP contribution in [-0.4, -0.2) is 15.9 Å². The van der Waals surface area contributed by atoms with Crippen molar-refractivity contribution in [3.05, 3.63) is 57.0 Å². The Hall–Kier alpha value is -2.50. The van der Waals surface area contributed by atoms with Crippen LogP contribution in [0.2, 0.25) is 0 Å². The Morgan fingerprint density at radius 3 is 2.43 bits per heavy atom. The molecule has 0 aliphatic carbocycles. The molecule has 5 nitrogen and oxygen atoms in total. The molecule has 1 heterocycles. The highest BCUT2D eigenvalue weighted by molar-refractivity contribution is 6.04. The number of benzene rings is 1. The van der Waals surface area contributed by atoms with E-state index in [-0.39, 0.29) is 16.7 Å². The molecule has 23 heavy (non-hydrogen) atoms. The number of hydrogen-bond donors (Lipinski definition) is 2. The van der Waals surface area contributed by atoms with Crippen molar-refractivity contribution in [3.8, 4) is 0 Å². The maximum absolute atomic E-state index is 13.8. The number of nitrogens with zero attached hydrogens (tertiary/aromatic N) is 1. The minimum absolute atomic E-state index is 0.0271. The van der Waals surface area contributed by atoms with E-state index in [0.29, 0.717) is 11.5 Å². The van der Waals surface area contributed by atoms with E-state index < -0.39 is 17.3 Å². The zero-order valence-electron chi connectivity index (χ0n) is 13.9. The van der Waals surface area contributed by atoms with Crippen LogP contribution in [0.15, 0.2) is 23.0 Å². The van der Waals surface area contributed by atoms with Crippen LogP contribution in [-0.2, 0) is 5.41 Å². The summed E-state index contributed by atoms with van der Waals surface area (Å²) in [6.07, 6.45) is 0. The van der Waals surface area contributed by atoms with E-state index in [0.717, 1.165) is 5.56 Å². The van der Waals surface area contributed by atoms with Gasteiger partial charge in [0.1, 0.15) is 17.2 Å². The second kappa shape index (κ2) is 5.95. The van der Waals surface area contributed by atoms with Gasteiger partial charge in [-0.1, -0.05) is 26.8 Å². The molecule has 122 valence electrons. The molecule has 0 aliphatic rings. The number of amides is 1. The fraction of sp³-hybridized carbons (Fsp3) is 0.353. The molecule has 2 aromatic rings. The molecule has 1 amide bonds. The number of hydrogen-bond acceptors (Lipinski definition) is 3. The number of H-pyrrole nitrogens is 1. The van der Waals surface area contributed by atoms with Gasteiger partial charge < -0.3 is 10.3 Å². The molecule has 0 atom stereocenters. The van der Waals surface area contributed by atoms with Crippen LogP contribution < -0.4 is 10.9 Å². The molecular weight excluding hydrogens is 297 g/mol. The molecule has 2 rings (SSSR count). The summed E-state index contributed by atoms with van der Waals surface area (Å²) in [5, 5.41) is 2.42. The second-order valence-corrected chi connectivity index (χ2v) is 6.56. The summed E-state index contributed by atoms with van der Waals surface area (Å²) in [4.78, 5) is 31.5. The maximum atomic E-state index is 13.8. The van der Waals surface area contributed by atoms with Crippen LogP contribution >= 0.6 is 0 Å². The highest BCUT2D eigenvalue weighted by atomic mass is 19.1. The van der Waals surface area contributed by atoms with E-state index in [2.05, 4.69) is 15.3 Å². The fourth-order valence-corrected chi connectivity index (χ4v) is 2.11. The Morgan fingerprint density at radius 2 is 1.91 bits per heavy atom. The summed E-state index contributed by atoms with van der Waals surface area (Å²) in [5.41, 5.74) is 0.0845. The molecule has 0 saturated heterocycles. The number of carbonyl (C=O) groups excluding carboxylic acids is 1. The van der Waals surface area contributed by atoms with E-state index in [1.165, 1.54) is 12.1 Å². The zero-order chi connectivity index (χ0) is 17.4. The van der Waals surface area contributed by atoms with Gasteiger partial charge in [0, 0.05) is 5.41 Å². The predicted molar refractivity (Wildman–Crippen MR) is 87.4 cm³/mol. The molecule has 0 unspecified atom stereocenters. The molecule has 1 aromatic heterocycles. The molecule has 2 N–H and O–H groups in total. The lowest BCUT2D eigenvalue weighted by Crippen LogP contribution is -2.30. The molecular formula is C17H20FN3O2. The summed E-state index contributed by atoms with van der Waals surface area (Å²) in [7, 11) is 0. The number of aryl methyl sites for hydroxylation is 2. The van der Waals surface area contributed by atoms with Crippen molar-refractivity contribution in [3.63, 3.8) is 0 Å². The number of anilines is 1. The van der Waals surface area contributed by atoms with Gasteiger partial charge in [0.05, 0.1) is 11.4 Å². The van der Waals surface area contributed by atoms with Crippen molar-refractivity contribution < 1.29 is 9.18 Å². The number of halogens is 1. The first-order chi connectivity index (χ1) is 10.6. The first kappa shape index (κ1) is 16.9. The fourth-order valence-electron chi connectivity index (χ4n) is 2.11. The van der Waals surface area contributed by atoms with Gasteiger partial charge in [0.2, 0.25) is 0 Å². The smallest absolute Gasteiger partial charge is 0.264 e. The minimum atomic E-state index is -0.681. The number of carbonyl (C=O) groups is 1. The maximum Gasteiger partial charge on any atom is 0.264 e. The zero-order valence-corrected chi connectivity index (χ0v) is 13.9. The average molecular weight is 317 g/mol. The Morgan fingerprint density at radius 1 is 1.26 bits per heavy atom. The van der Waals surface area contributed by atoms with Crippen LogP contribution in [0.25, 0.3) is 0 Å². The molecule has 1 aromatic carbocycles. The monoisotopic (exact) mass is 317 g/mol. The summed E-state index contributed by atoms with van der Waals surface area (Å²) >= 11 is 0. The first-order valence-corrected chi connectivity index (χ1v) is 7.28. The lowest BCUT2D eigenvalue weighted by molar-refractivity contribution is 0.102. The minimum Gasteiger partial charge on any atom is -0.319 e. The Labute approximate surface area is 134 Å². The van der Waals surface area contributed by atoms with Gasteiger partial charge in [-0.15, -0.1) is 0 Å². The molecule has 0 saturated carbocycles. The summed E-state index contributed by atoms with van der Waals surface area (Å²) < 4.78 is 13.8. The van der Waals surface area contributed by atoms with Crippen molar-refractivity contribution in [2.24, 2.45) is 0 Å². The van der Waals surface area contributed by atoms with E-state index in [1.807, 2.05) is 20.8 Å². The van der Waals surface area contributed by atoms with Crippen LogP contribution in [0.1, 0.15) is 48.2 Å². The number of aromatic nitrogens is 2. The number of rotatable bonds is 2. The third-order valence-corrected chi connectivity index (χ3v) is 3.41. The number of aromatic amines is 1. The first-order valence-electron chi connectivity index (χ1n) is 7.28. The van der Waals surface area contributed by atoms with Crippen LogP contribution in [0.4, 0.5) is 10.1 Å². The van der Waals surface area contributed by atoms with Gasteiger partial charge in [0.25, 0.3) is 11.5 Å². The molecule has 0 bridgehead atoms. The molecule has 0 radical (unpaired) electrons. The lowest BCUT2D eigenvalue weighted by atomic mass is 9.95. The van der Waals surface area contributed by atoms with Gasteiger partial charge in [-0.05, 0) is 31.5 Å². The van der Waals surface area contributed by atoms with Gasteiger partial charge in [-0.3, -0.25) is 9.59 Å². The molecule has 0 spiro atoms. The normalized spacial score (nSPS) is 11.4. The van der Waals surface area contributed by atoms with Gasteiger partial charge in [0.15, 0.2) is 0 Å². The summed E-state index contributed by atoms with van der Waals surface area (Å²) in [5.74, 6) is -0.732. The summed E-state index contributed by atoms with van der Waals surface area (Å²) in [6.45, 7) is 9.06. The second-order valence-electron chi connectivity index (χ2n) is 6.56. The van der Waals surface area contributed by atoms with Gasteiger partial charge >= 0.3 is 0 Å². The topological polar surface area (TPSA) is 74.8 Å². The van der Waals surface area contributed by atoms with Crippen molar-refractivity contribution in [2.75, 3.05) is 5.32 Å².